The second kappa shape index (κ2) is 5.50. The van der Waals surface area contributed by atoms with Crippen LogP contribution in [-0.2, 0) is 16.0 Å². The molecule has 0 saturated carbocycles. The molecule has 1 aliphatic rings. The summed E-state index contributed by atoms with van der Waals surface area (Å²) in [7, 11) is -2.18. The van der Waals surface area contributed by atoms with Crippen LogP contribution in [0.3, 0.4) is 0 Å². The number of hydrogen-bond acceptors (Lipinski definition) is 3. The summed E-state index contributed by atoms with van der Waals surface area (Å²) >= 11 is 0. The third-order valence-electron chi connectivity index (χ3n) is 5.08. The summed E-state index contributed by atoms with van der Waals surface area (Å²) in [5, 5.41) is 9.54. The van der Waals surface area contributed by atoms with Crippen molar-refractivity contribution in [1.82, 2.24) is 9.55 Å². The molecule has 0 spiro atoms. The van der Waals surface area contributed by atoms with Crippen molar-refractivity contribution in [3.05, 3.63) is 30.1 Å². The maximum absolute atomic E-state index is 12.7. The van der Waals surface area contributed by atoms with E-state index in [-0.39, 0.29) is 10.9 Å². The molecule has 1 aromatic rings. The van der Waals surface area contributed by atoms with Crippen molar-refractivity contribution < 1.29 is 14.7 Å². The molecule has 1 amide bonds. The fourth-order valence-electron chi connectivity index (χ4n) is 2.79. The molecule has 0 unspecified atom stereocenters. The Labute approximate surface area is 132 Å². The number of carbonyl (C=O) groups is 2. The van der Waals surface area contributed by atoms with Crippen molar-refractivity contribution in [2.24, 2.45) is 5.92 Å². The summed E-state index contributed by atoms with van der Waals surface area (Å²) in [6.07, 6.45) is 3.80. The molecule has 0 aromatic carbocycles. The second-order valence-electron chi connectivity index (χ2n) is 7.47. The molecule has 0 radical (unpaired) electrons. The van der Waals surface area contributed by atoms with E-state index in [9.17, 15) is 14.7 Å². The van der Waals surface area contributed by atoms with Gasteiger partial charge in [0.15, 0.2) is 8.24 Å². The number of aromatic nitrogens is 1. The number of amides is 1. The van der Waals surface area contributed by atoms with Gasteiger partial charge in [-0.25, -0.2) is 4.79 Å². The van der Waals surface area contributed by atoms with E-state index in [1.54, 1.807) is 23.0 Å². The quantitative estimate of drug-likeness (QED) is 0.683. The average molecular weight is 320 g/mol. The summed E-state index contributed by atoms with van der Waals surface area (Å²) in [5.41, 5.74) is 0.905. The van der Waals surface area contributed by atoms with E-state index in [0.717, 1.165) is 5.56 Å². The third-order valence-corrected chi connectivity index (χ3v) is 10.5. The molecule has 2 rings (SSSR count). The van der Waals surface area contributed by atoms with E-state index in [0.29, 0.717) is 6.42 Å². The van der Waals surface area contributed by atoms with Crippen molar-refractivity contribution in [2.75, 3.05) is 0 Å². The largest absolute Gasteiger partial charge is 0.480 e. The minimum Gasteiger partial charge on any atom is -0.480 e. The Hall–Kier alpha value is -1.69. The lowest BCUT2D eigenvalue weighted by Crippen LogP contribution is -2.75. The van der Waals surface area contributed by atoms with Crippen LogP contribution < -0.4 is 0 Å². The predicted octanol–water partition coefficient (Wildman–Crippen LogP) is 2.54. The van der Waals surface area contributed by atoms with Gasteiger partial charge in [-0.15, -0.1) is 0 Å². The Balaban J connectivity index is 2.26. The zero-order chi connectivity index (χ0) is 16.7. The van der Waals surface area contributed by atoms with Gasteiger partial charge in [0.25, 0.3) is 0 Å². The SMILES string of the molecule is CC(C)(C)[Si](C)(C)N1C(=O)[C@H](Cc2cccnc2)[C@H]1C(=O)O. The number of pyridine rings is 1. The molecular weight excluding hydrogens is 296 g/mol. The normalized spacial score (nSPS) is 22.4. The van der Waals surface area contributed by atoms with Gasteiger partial charge in [-0.2, -0.15) is 0 Å². The van der Waals surface area contributed by atoms with Gasteiger partial charge in [0.05, 0.1) is 5.92 Å². The number of carbonyl (C=O) groups excluding carboxylic acids is 1. The van der Waals surface area contributed by atoms with Gasteiger partial charge in [0, 0.05) is 12.4 Å². The van der Waals surface area contributed by atoms with Gasteiger partial charge in [0.2, 0.25) is 5.91 Å². The Morgan fingerprint density at radius 2 is 2.05 bits per heavy atom. The number of carboxylic acids is 1. The van der Waals surface area contributed by atoms with Gasteiger partial charge in [-0.3, -0.25) is 9.78 Å². The van der Waals surface area contributed by atoms with Crippen LogP contribution in [0.15, 0.2) is 24.5 Å². The molecule has 1 saturated heterocycles. The number of carboxylic acid groups (broad SMARTS) is 1. The van der Waals surface area contributed by atoms with E-state index in [4.69, 9.17) is 0 Å². The summed E-state index contributed by atoms with van der Waals surface area (Å²) in [4.78, 5) is 28.4. The molecule has 6 heteroatoms. The lowest BCUT2D eigenvalue weighted by atomic mass is 9.85. The Kier molecular flexibility index (Phi) is 4.17. The van der Waals surface area contributed by atoms with Gasteiger partial charge in [-0.05, 0) is 23.1 Å². The molecule has 1 fully saturated rings. The lowest BCUT2D eigenvalue weighted by molar-refractivity contribution is -0.163. The van der Waals surface area contributed by atoms with E-state index in [2.05, 4.69) is 38.8 Å². The van der Waals surface area contributed by atoms with Crippen LogP contribution in [0.4, 0.5) is 0 Å². The molecule has 0 bridgehead atoms. The highest BCUT2D eigenvalue weighted by Crippen LogP contribution is 2.45. The first-order valence-corrected chi connectivity index (χ1v) is 10.5. The summed E-state index contributed by atoms with van der Waals surface area (Å²) in [6, 6.07) is 2.97. The van der Waals surface area contributed by atoms with Crippen LogP contribution >= 0.6 is 0 Å². The van der Waals surface area contributed by atoms with Crippen LogP contribution in [-0.4, -0.2) is 40.8 Å². The Bertz CT molecular complexity index is 581. The summed E-state index contributed by atoms with van der Waals surface area (Å²) in [5.74, 6) is -1.41. The molecule has 1 N–H and O–H groups in total. The number of rotatable bonds is 4. The van der Waals surface area contributed by atoms with Crippen LogP contribution in [0, 0.1) is 5.92 Å². The standard InChI is InChI=1S/C16H24N2O3Si/c1-16(2,3)22(4,5)18-13(15(20)21)12(14(18)19)9-11-7-6-8-17-10-11/h6-8,10,12-13H,9H2,1-5H3,(H,20,21)/t12-,13+/m1/s1. The highest BCUT2D eigenvalue weighted by Gasteiger charge is 2.59. The first-order valence-electron chi connectivity index (χ1n) is 7.52. The zero-order valence-corrected chi connectivity index (χ0v) is 14.8. The maximum Gasteiger partial charge on any atom is 0.326 e. The van der Waals surface area contributed by atoms with Crippen molar-refractivity contribution in [3.8, 4) is 0 Å². The van der Waals surface area contributed by atoms with Gasteiger partial charge < -0.3 is 9.67 Å². The Morgan fingerprint density at radius 3 is 2.50 bits per heavy atom. The molecule has 1 aromatic heterocycles. The van der Waals surface area contributed by atoms with Crippen LogP contribution in [0.2, 0.25) is 18.1 Å². The summed E-state index contributed by atoms with van der Waals surface area (Å²) in [6.45, 7) is 10.4. The smallest absolute Gasteiger partial charge is 0.326 e. The van der Waals surface area contributed by atoms with Gasteiger partial charge in [-0.1, -0.05) is 39.9 Å². The van der Waals surface area contributed by atoms with Gasteiger partial charge in [0.1, 0.15) is 6.04 Å². The Morgan fingerprint density at radius 1 is 1.41 bits per heavy atom. The molecule has 5 nitrogen and oxygen atoms in total. The molecule has 0 aliphatic carbocycles. The van der Waals surface area contributed by atoms with Crippen LogP contribution in [0.25, 0.3) is 0 Å². The molecular formula is C16H24N2O3Si. The second-order valence-corrected chi connectivity index (χ2v) is 12.6. The van der Waals surface area contributed by atoms with Crippen molar-refractivity contribution in [2.45, 2.75) is 51.4 Å². The van der Waals surface area contributed by atoms with Crippen molar-refractivity contribution in [1.29, 1.82) is 0 Å². The highest BCUT2D eigenvalue weighted by molar-refractivity contribution is 6.80. The van der Waals surface area contributed by atoms with Crippen molar-refractivity contribution in [3.63, 3.8) is 0 Å². The van der Waals surface area contributed by atoms with E-state index >= 15 is 0 Å². The van der Waals surface area contributed by atoms with E-state index in [1.807, 2.05) is 6.07 Å². The first kappa shape index (κ1) is 16.7. The predicted molar refractivity (Wildman–Crippen MR) is 86.9 cm³/mol. The number of nitrogens with zero attached hydrogens (tertiary/aromatic N) is 2. The molecule has 2 atom stereocenters. The molecule has 1 aliphatic heterocycles. The van der Waals surface area contributed by atoms with Gasteiger partial charge >= 0.3 is 5.97 Å². The fraction of sp³-hybridized carbons (Fsp3) is 0.562. The van der Waals surface area contributed by atoms with E-state index in [1.165, 1.54) is 0 Å². The maximum atomic E-state index is 12.7. The third kappa shape index (κ3) is 2.67. The molecule has 120 valence electrons. The van der Waals surface area contributed by atoms with Crippen molar-refractivity contribution >= 4 is 20.1 Å². The number of hydrogen-bond donors (Lipinski definition) is 1. The van der Waals surface area contributed by atoms with Crippen LogP contribution in [0.1, 0.15) is 26.3 Å². The van der Waals surface area contributed by atoms with Crippen LogP contribution in [0.5, 0.6) is 0 Å². The fourth-order valence-corrected chi connectivity index (χ4v) is 5.21. The highest BCUT2D eigenvalue weighted by atomic mass is 28.3. The number of aliphatic carboxylic acids is 1. The minimum atomic E-state index is -2.18. The molecule has 22 heavy (non-hydrogen) atoms. The lowest BCUT2D eigenvalue weighted by Gasteiger charge is -2.56. The monoisotopic (exact) mass is 320 g/mol. The topological polar surface area (TPSA) is 70.5 Å². The summed E-state index contributed by atoms with van der Waals surface area (Å²) < 4.78 is 1.68. The molecule has 2 heterocycles. The zero-order valence-electron chi connectivity index (χ0n) is 13.8. The first-order chi connectivity index (χ1) is 10.1. The number of β-lactam (4-membered cyclic amide) rings is 1. The minimum absolute atomic E-state index is 0.0251. The van der Waals surface area contributed by atoms with E-state index < -0.39 is 26.2 Å². The average Bonchev–Trinajstić information content (AvgIpc) is 2.40.